The molecule has 1 fully saturated rings. The number of fused-ring (bicyclic) bond motifs is 1. The maximum absolute atomic E-state index is 6.20. The van der Waals surface area contributed by atoms with Crippen LogP contribution in [0.25, 0.3) is 16.2 Å². The Morgan fingerprint density at radius 2 is 2.25 bits per heavy atom. The normalized spacial score (nSPS) is 18.9. The summed E-state index contributed by atoms with van der Waals surface area (Å²) < 4.78 is 7.48. The minimum atomic E-state index is 0.144. The molecule has 0 N–H and O–H groups in total. The molecule has 6 heteroatoms. The van der Waals surface area contributed by atoms with Gasteiger partial charge in [-0.2, -0.15) is 5.10 Å². The zero-order valence-corrected chi connectivity index (χ0v) is 12.2. The highest BCUT2D eigenvalue weighted by Gasteiger charge is 2.22. The van der Waals surface area contributed by atoms with E-state index in [1.54, 1.807) is 11.3 Å². The van der Waals surface area contributed by atoms with Gasteiger partial charge in [0.2, 0.25) is 4.96 Å². The maximum atomic E-state index is 6.20. The molecule has 1 unspecified atom stereocenters. The number of imidazole rings is 1. The van der Waals surface area contributed by atoms with Gasteiger partial charge in [-0.05, 0) is 18.9 Å². The molecular formula is C14H12ClN3OS. The van der Waals surface area contributed by atoms with Gasteiger partial charge in [-0.1, -0.05) is 41.1 Å². The van der Waals surface area contributed by atoms with E-state index < -0.39 is 0 Å². The van der Waals surface area contributed by atoms with Gasteiger partial charge in [0.1, 0.15) is 11.1 Å². The summed E-state index contributed by atoms with van der Waals surface area (Å²) in [5.74, 6) is 0. The molecule has 20 heavy (non-hydrogen) atoms. The van der Waals surface area contributed by atoms with E-state index >= 15 is 0 Å². The van der Waals surface area contributed by atoms with Crippen LogP contribution in [0.1, 0.15) is 24.0 Å². The zero-order valence-electron chi connectivity index (χ0n) is 10.6. The average molecular weight is 306 g/mol. The van der Waals surface area contributed by atoms with Crippen LogP contribution in [-0.2, 0) is 4.74 Å². The molecule has 0 spiro atoms. The van der Waals surface area contributed by atoms with Crippen molar-refractivity contribution in [3.05, 3.63) is 40.5 Å². The first-order valence-corrected chi connectivity index (χ1v) is 7.73. The number of hydrogen-bond donors (Lipinski definition) is 0. The van der Waals surface area contributed by atoms with Crippen LogP contribution in [0.15, 0.2) is 30.5 Å². The molecule has 0 saturated carbocycles. The van der Waals surface area contributed by atoms with E-state index in [1.807, 2.05) is 35.0 Å². The van der Waals surface area contributed by atoms with Gasteiger partial charge in [0.05, 0.1) is 16.9 Å². The number of halogens is 1. The molecule has 3 heterocycles. The molecule has 0 bridgehead atoms. The van der Waals surface area contributed by atoms with Crippen molar-refractivity contribution in [1.29, 1.82) is 0 Å². The van der Waals surface area contributed by atoms with Crippen molar-refractivity contribution >= 4 is 27.9 Å². The van der Waals surface area contributed by atoms with E-state index in [2.05, 4.69) is 10.1 Å². The van der Waals surface area contributed by atoms with Gasteiger partial charge in [-0.3, -0.25) is 0 Å². The van der Waals surface area contributed by atoms with Crippen molar-refractivity contribution in [2.75, 3.05) is 6.61 Å². The summed E-state index contributed by atoms with van der Waals surface area (Å²) in [7, 11) is 0. The van der Waals surface area contributed by atoms with Gasteiger partial charge in [0, 0.05) is 12.2 Å². The molecule has 0 amide bonds. The quantitative estimate of drug-likeness (QED) is 0.719. The van der Waals surface area contributed by atoms with Crippen LogP contribution >= 0.6 is 22.9 Å². The van der Waals surface area contributed by atoms with Gasteiger partial charge in [-0.25, -0.2) is 9.50 Å². The van der Waals surface area contributed by atoms with Crippen LogP contribution in [0, 0.1) is 0 Å². The van der Waals surface area contributed by atoms with Crippen molar-refractivity contribution in [2.45, 2.75) is 18.9 Å². The van der Waals surface area contributed by atoms with Crippen molar-refractivity contribution < 1.29 is 4.74 Å². The fraction of sp³-hybridized carbons (Fsp3) is 0.286. The fourth-order valence-corrected chi connectivity index (χ4v) is 3.61. The van der Waals surface area contributed by atoms with Gasteiger partial charge in [0.15, 0.2) is 0 Å². The molecule has 1 saturated heterocycles. The lowest BCUT2D eigenvalue weighted by molar-refractivity contribution is 0.111. The molecule has 1 atom stereocenters. The molecule has 0 radical (unpaired) electrons. The minimum absolute atomic E-state index is 0.144. The topological polar surface area (TPSA) is 39.4 Å². The predicted octanol–water partition coefficient (Wildman–Crippen LogP) is 3.96. The van der Waals surface area contributed by atoms with Gasteiger partial charge < -0.3 is 4.74 Å². The molecule has 1 aromatic carbocycles. The summed E-state index contributed by atoms with van der Waals surface area (Å²) in [6.45, 7) is 0.831. The minimum Gasteiger partial charge on any atom is -0.371 e. The van der Waals surface area contributed by atoms with Crippen LogP contribution < -0.4 is 0 Å². The number of hydrogen-bond acceptors (Lipinski definition) is 4. The second-order valence-corrected chi connectivity index (χ2v) is 6.17. The number of benzene rings is 1. The summed E-state index contributed by atoms with van der Waals surface area (Å²) in [6, 6.07) is 7.71. The summed E-state index contributed by atoms with van der Waals surface area (Å²) >= 11 is 7.79. The highest BCUT2D eigenvalue weighted by Crippen LogP contribution is 2.33. The first kappa shape index (κ1) is 12.3. The third-order valence-corrected chi connectivity index (χ3v) is 4.76. The monoisotopic (exact) mass is 305 g/mol. The first-order chi connectivity index (χ1) is 9.81. The van der Waals surface area contributed by atoms with Crippen molar-refractivity contribution in [1.82, 2.24) is 14.6 Å². The molecule has 1 aliphatic rings. The number of rotatable bonds is 2. The van der Waals surface area contributed by atoms with E-state index in [1.165, 1.54) is 0 Å². The highest BCUT2D eigenvalue weighted by atomic mass is 35.5. The van der Waals surface area contributed by atoms with Crippen LogP contribution in [0.3, 0.4) is 0 Å². The molecule has 1 aliphatic heterocycles. The summed E-state index contributed by atoms with van der Waals surface area (Å²) in [6.07, 6.45) is 4.22. The standard InChI is InChI=1S/C14H12ClN3OS/c15-10-5-2-1-4-9(10)11-8-18-14(16-11)20-13(17-18)12-6-3-7-19-12/h1-2,4-5,8,12H,3,6-7H2. The average Bonchev–Trinajstić information content (AvgIpc) is 3.14. The summed E-state index contributed by atoms with van der Waals surface area (Å²) in [5.41, 5.74) is 1.79. The lowest BCUT2D eigenvalue weighted by Crippen LogP contribution is -1.95. The lowest BCUT2D eigenvalue weighted by Gasteiger charge is -2.02. The van der Waals surface area contributed by atoms with E-state index in [-0.39, 0.29) is 6.10 Å². The molecule has 4 rings (SSSR count). The van der Waals surface area contributed by atoms with Crippen LogP contribution in [0.5, 0.6) is 0 Å². The molecule has 3 aromatic rings. The maximum Gasteiger partial charge on any atom is 0.212 e. The first-order valence-electron chi connectivity index (χ1n) is 6.54. The Morgan fingerprint density at radius 3 is 3.00 bits per heavy atom. The largest absolute Gasteiger partial charge is 0.371 e. The van der Waals surface area contributed by atoms with Crippen LogP contribution in [0.4, 0.5) is 0 Å². The Balaban J connectivity index is 1.73. The summed E-state index contributed by atoms with van der Waals surface area (Å²) in [5, 5.41) is 6.29. The number of nitrogens with zero attached hydrogens (tertiary/aromatic N) is 3. The predicted molar refractivity (Wildman–Crippen MR) is 79.2 cm³/mol. The van der Waals surface area contributed by atoms with Crippen LogP contribution in [-0.4, -0.2) is 21.2 Å². The van der Waals surface area contributed by atoms with E-state index in [0.717, 1.165) is 40.7 Å². The summed E-state index contributed by atoms with van der Waals surface area (Å²) in [4.78, 5) is 5.49. The fourth-order valence-electron chi connectivity index (χ4n) is 2.42. The molecule has 0 aliphatic carbocycles. The Kier molecular flexibility index (Phi) is 2.98. The van der Waals surface area contributed by atoms with Crippen molar-refractivity contribution in [3.8, 4) is 11.3 Å². The number of ether oxygens (including phenoxy) is 1. The van der Waals surface area contributed by atoms with Gasteiger partial charge in [-0.15, -0.1) is 0 Å². The Hall–Kier alpha value is -1.43. The van der Waals surface area contributed by atoms with Gasteiger partial charge >= 0.3 is 0 Å². The third-order valence-electron chi connectivity index (χ3n) is 3.41. The third kappa shape index (κ3) is 2.02. The van der Waals surface area contributed by atoms with Gasteiger partial charge in [0.25, 0.3) is 0 Å². The molecule has 102 valence electrons. The zero-order chi connectivity index (χ0) is 13.5. The van der Waals surface area contributed by atoms with Crippen molar-refractivity contribution in [3.63, 3.8) is 0 Å². The number of aromatic nitrogens is 3. The second-order valence-electron chi connectivity index (χ2n) is 4.78. The van der Waals surface area contributed by atoms with E-state index in [4.69, 9.17) is 16.3 Å². The smallest absolute Gasteiger partial charge is 0.212 e. The van der Waals surface area contributed by atoms with Crippen molar-refractivity contribution in [2.24, 2.45) is 0 Å². The molecular weight excluding hydrogens is 294 g/mol. The SMILES string of the molecule is Clc1ccccc1-c1cn2nc(C3CCCO3)sc2n1. The Morgan fingerprint density at radius 1 is 1.35 bits per heavy atom. The Labute approximate surface area is 125 Å². The lowest BCUT2D eigenvalue weighted by atomic mass is 10.2. The van der Waals surface area contributed by atoms with E-state index in [0.29, 0.717) is 5.02 Å². The van der Waals surface area contributed by atoms with Crippen LogP contribution in [0.2, 0.25) is 5.02 Å². The Bertz CT molecular complexity index is 729. The highest BCUT2D eigenvalue weighted by molar-refractivity contribution is 7.16. The molecule has 4 nitrogen and oxygen atoms in total. The van der Waals surface area contributed by atoms with E-state index in [9.17, 15) is 0 Å². The molecule has 2 aromatic heterocycles. The second kappa shape index (κ2) is 4.84.